The number of furan rings is 1. The van der Waals surface area contributed by atoms with Crippen LogP contribution in [-0.4, -0.2) is 20.2 Å². The van der Waals surface area contributed by atoms with Gasteiger partial charge in [-0.25, -0.2) is 4.99 Å². The van der Waals surface area contributed by atoms with E-state index in [0.29, 0.717) is 27.3 Å². The average molecular weight is 386 g/mol. The Morgan fingerprint density at radius 3 is 2.88 bits per heavy atom. The minimum Gasteiger partial charge on any atom is -0.457 e. The van der Waals surface area contributed by atoms with Gasteiger partial charge in [-0.3, -0.25) is 14.9 Å². The highest BCUT2D eigenvalue weighted by Gasteiger charge is 2.22. The van der Waals surface area contributed by atoms with Crippen LogP contribution in [0.15, 0.2) is 58.1 Å². The Bertz CT molecular complexity index is 960. The first-order valence-electron chi connectivity index (χ1n) is 7.59. The van der Waals surface area contributed by atoms with Crippen molar-refractivity contribution in [2.75, 3.05) is 5.75 Å². The molecule has 26 heavy (non-hydrogen) atoms. The molecule has 0 unspecified atom stereocenters. The molecule has 0 saturated heterocycles. The summed E-state index contributed by atoms with van der Waals surface area (Å²) in [6.45, 7) is 5.43. The first kappa shape index (κ1) is 18.2. The van der Waals surface area contributed by atoms with Crippen LogP contribution < -0.4 is 0 Å². The highest BCUT2D eigenvalue weighted by atomic mass is 32.2. The summed E-state index contributed by atoms with van der Waals surface area (Å²) in [5.74, 6) is 1.77. The predicted octanol–water partition coefficient (Wildman–Crippen LogP) is 5.05. The van der Waals surface area contributed by atoms with Crippen LogP contribution >= 0.6 is 23.5 Å². The van der Waals surface area contributed by atoms with Crippen LogP contribution in [0.3, 0.4) is 0 Å². The van der Waals surface area contributed by atoms with Crippen LogP contribution in [-0.2, 0) is 4.79 Å². The summed E-state index contributed by atoms with van der Waals surface area (Å²) in [7, 11) is 0. The van der Waals surface area contributed by atoms with E-state index >= 15 is 0 Å². The Hall–Kier alpha value is -2.58. The van der Waals surface area contributed by atoms with Gasteiger partial charge in [0.1, 0.15) is 21.6 Å². The summed E-state index contributed by atoms with van der Waals surface area (Å²) in [5, 5.41) is 10.7. The van der Waals surface area contributed by atoms with Crippen molar-refractivity contribution in [3.63, 3.8) is 0 Å². The van der Waals surface area contributed by atoms with Crippen molar-refractivity contribution in [3.05, 3.63) is 70.1 Å². The van der Waals surface area contributed by atoms with Gasteiger partial charge in [0.05, 0.1) is 4.92 Å². The molecule has 132 valence electrons. The molecule has 0 amide bonds. The van der Waals surface area contributed by atoms with E-state index < -0.39 is 4.92 Å². The first-order chi connectivity index (χ1) is 12.5. The Labute approximate surface area is 158 Å². The monoisotopic (exact) mass is 386 g/mol. The third-order valence-corrected chi connectivity index (χ3v) is 5.52. The van der Waals surface area contributed by atoms with E-state index in [1.54, 1.807) is 37.3 Å². The quantitative estimate of drug-likeness (QED) is 0.309. The molecule has 1 aromatic carbocycles. The maximum Gasteiger partial charge on any atom is 0.269 e. The van der Waals surface area contributed by atoms with E-state index in [1.807, 2.05) is 0 Å². The van der Waals surface area contributed by atoms with Crippen molar-refractivity contribution < 1.29 is 14.1 Å². The summed E-state index contributed by atoms with van der Waals surface area (Å²) in [6.07, 6.45) is 3.35. The lowest BCUT2D eigenvalue weighted by molar-refractivity contribution is -0.384. The van der Waals surface area contributed by atoms with E-state index in [9.17, 15) is 14.9 Å². The molecule has 0 N–H and O–H groups in total. The molecule has 0 atom stereocenters. The minimum absolute atomic E-state index is 0.0348. The molecule has 1 aliphatic heterocycles. The lowest BCUT2D eigenvalue weighted by atomic mass is 10.1. The van der Waals surface area contributed by atoms with Gasteiger partial charge in [0.25, 0.3) is 5.69 Å². The molecule has 1 aliphatic rings. The van der Waals surface area contributed by atoms with Crippen LogP contribution in [0, 0.1) is 17.0 Å². The zero-order valence-electron chi connectivity index (χ0n) is 13.8. The van der Waals surface area contributed by atoms with E-state index in [-0.39, 0.29) is 10.8 Å². The van der Waals surface area contributed by atoms with Gasteiger partial charge >= 0.3 is 0 Å². The van der Waals surface area contributed by atoms with Gasteiger partial charge in [0.2, 0.25) is 5.12 Å². The van der Waals surface area contributed by atoms with Crippen LogP contribution in [0.5, 0.6) is 0 Å². The second kappa shape index (κ2) is 7.76. The molecule has 0 aliphatic carbocycles. The number of carbonyl (C=O) groups is 1. The van der Waals surface area contributed by atoms with Crippen LogP contribution in [0.25, 0.3) is 17.4 Å². The van der Waals surface area contributed by atoms with E-state index in [1.165, 1.54) is 23.9 Å². The topological polar surface area (TPSA) is 85.7 Å². The zero-order chi connectivity index (χ0) is 18.7. The number of carbonyl (C=O) groups excluding carboxylic acids is 1. The van der Waals surface area contributed by atoms with Crippen molar-refractivity contribution in [3.8, 4) is 11.3 Å². The Kier molecular flexibility index (Phi) is 5.43. The average Bonchev–Trinajstić information content (AvgIpc) is 3.20. The molecule has 3 rings (SSSR count). The Balaban J connectivity index is 1.84. The molecule has 1 aromatic heterocycles. The second-order valence-corrected chi connectivity index (χ2v) is 7.58. The fraction of sp³-hybridized carbons (Fsp3) is 0.111. The molecule has 8 heteroatoms. The zero-order valence-corrected chi connectivity index (χ0v) is 15.4. The number of rotatable bonds is 5. The third-order valence-electron chi connectivity index (χ3n) is 3.52. The molecular weight excluding hydrogens is 372 g/mol. The highest BCUT2D eigenvalue weighted by molar-refractivity contribution is 8.45. The lowest BCUT2D eigenvalue weighted by Gasteiger charge is -2.02. The van der Waals surface area contributed by atoms with Crippen molar-refractivity contribution in [2.45, 2.75) is 6.92 Å². The van der Waals surface area contributed by atoms with Gasteiger partial charge in [0, 0.05) is 29.5 Å². The lowest BCUT2D eigenvalue weighted by Crippen LogP contribution is -1.89. The first-order valence-corrected chi connectivity index (χ1v) is 9.39. The maximum atomic E-state index is 12.0. The Morgan fingerprint density at radius 1 is 1.38 bits per heavy atom. The standard InChI is InChI=1S/C18H14N2O4S2/c1-3-8-25-18-19-15(17(21)26-18)10-13-5-7-16(24-13)14-6-4-12(20(22)23)9-11(14)2/h3-7,9-10H,1,8H2,2H3/b15-10+. The number of hydrogen-bond donors (Lipinski definition) is 0. The molecule has 0 radical (unpaired) electrons. The van der Waals surface area contributed by atoms with Crippen molar-refractivity contribution >= 4 is 44.8 Å². The maximum absolute atomic E-state index is 12.0. The molecule has 0 saturated carbocycles. The molecule has 6 nitrogen and oxygen atoms in total. The Morgan fingerprint density at radius 2 is 2.19 bits per heavy atom. The van der Waals surface area contributed by atoms with Gasteiger partial charge in [-0.05, 0) is 42.4 Å². The van der Waals surface area contributed by atoms with Crippen LogP contribution in [0.1, 0.15) is 11.3 Å². The highest BCUT2D eigenvalue weighted by Crippen LogP contribution is 2.33. The molecule has 2 heterocycles. The van der Waals surface area contributed by atoms with Crippen molar-refractivity contribution in [1.82, 2.24) is 0 Å². The van der Waals surface area contributed by atoms with Crippen LogP contribution in [0.4, 0.5) is 5.69 Å². The summed E-state index contributed by atoms with van der Waals surface area (Å²) in [4.78, 5) is 26.7. The smallest absolute Gasteiger partial charge is 0.269 e. The number of aliphatic imine (C=N–C) groups is 1. The normalized spacial score (nSPS) is 15.3. The number of nitro groups is 1. The van der Waals surface area contributed by atoms with Gasteiger partial charge in [-0.2, -0.15) is 0 Å². The van der Waals surface area contributed by atoms with Gasteiger partial charge in [-0.1, -0.05) is 17.8 Å². The molecule has 0 fully saturated rings. The SMILES string of the molecule is C=CCSC1=N/C(=C/c2ccc(-c3ccc([N+](=O)[O-])cc3C)o2)C(=O)S1. The van der Waals surface area contributed by atoms with E-state index in [4.69, 9.17) is 4.42 Å². The van der Waals surface area contributed by atoms with Crippen LogP contribution in [0.2, 0.25) is 0 Å². The summed E-state index contributed by atoms with van der Waals surface area (Å²) >= 11 is 2.55. The van der Waals surface area contributed by atoms with E-state index in [0.717, 1.165) is 22.9 Å². The fourth-order valence-corrected chi connectivity index (χ4v) is 3.93. The van der Waals surface area contributed by atoms with E-state index in [2.05, 4.69) is 11.6 Å². The predicted molar refractivity (Wildman–Crippen MR) is 106 cm³/mol. The number of non-ortho nitro benzene ring substituents is 1. The number of hydrogen-bond acceptors (Lipinski definition) is 7. The number of nitro benzene ring substituents is 1. The number of benzene rings is 1. The molecule has 2 aromatic rings. The van der Waals surface area contributed by atoms with Gasteiger partial charge in [0.15, 0.2) is 0 Å². The number of nitrogens with zero attached hydrogens (tertiary/aromatic N) is 2. The third kappa shape index (κ3) is 3.97. The molecular formula is C18H14N2O4S2. The van der Waals surface area contributed by atoms with Gasteiger partial charge in [-0.15, -0.1) is 6.58 Å². The van der Waals surface area contributed by atoms with Gasteiger partial charge < -0.3 is 4.42 Å². The minimum atomic E-state index is -0.432. The van der Waals surface area contributed by atoms with Crippen molar-refractivity contribution in [2.24, 2.45) is 4.99 Å². The molecule has 0 bridgehead atoms. The number of thioether (sulfide) groups is 2. The summed E-state index contributed by atoms with van der Waals surface area (Å²) in [5.41, 5.74) is 1.87. The summed E-state index contributed by atoms with van der Waals surface area (Å²) < 4.78 is 6.47. The summed E-state index contributed by atoms with van der Waals surface area (Å²) in [6, 6.07) is 8.10. The largest absolute Gasteiger partial charge is 0.457 e. The fourth-order valence-electron chi connectivity index (χ4n) is 2.33. The second-order valence-electron chi connectivity index (χ2n) is 5.35. The van der Waals surface area contributed by atoms with Crippen molar-refractivity contribution in [1.29, 1.82) is 0 Å². The number of aryl methyl sites for hydroxylation is 1. The molecule has 0 spiro atoms.